The first-order valence-corrected chi connectivity index (χ1v) is 19.3. The molecule has 0 unspecified atom stereocenters. The number of ether oxygens (including phenoxy) is 7. The van der Waals surface area contributed by atoms with Gasteiger partial charge in [0.25, 0.3) is 0 Å². The number of carbonyl (C=O) groups is 1. The lowest BCUT2D eigenvalue weighted by Gasteiger charge is -2.47. The minimum atomic E-state index is -4.47. The van der Waals surface area contributed by atoms with E-state index < -0.39 is 44.5 Å². The number of hydrogen-bond acceptors (Lipinski definition) is 12. The molecule has 1 amide bonds. The fourth-order valence-corrected chi connectivity index (χ4v) is 10.7. The lowest BCUT2D eigenvalue weighted by atomic mass is 9.80. The summed E-state index contributed by atoms with van der Waals surface area (Å²) in [5.74, 6) is 0.921. The van der Waals surface area contributed by atoms with Crippen molar-refractivity contribution in [1.29, 1.82) is 5.26 Å². The summed E-state index contributed by atoms with van der Waals surface area (Å²) in [5.41, 5.74) is 5.70. The zero-order chi connectivity index (χ0) is 37.6. The molecule has 4 aliphatic heterocycles. The number of nitriles is 1. The summed E-state index contributed by atoms with van der Waals surface area (Å²) < 4.78 is 72.4. The van der Waals surface area contributed by atoms with Crippen molar-refractivity contribution in [2.24, 2.45) is 17.6 Å². The lowest BCUT2D eigenvalue weighted by molar-refractivity contribution is -0.0930. The molecule has 5 atom stereocenters. The molecule has 4 aliphatic rings. The fraction of sp³-hybridized carbons (Fsp3) is 0.487. The minimum Gasteiger partial charge on any atom is -0.489 e. The van der Waals surface area contributed by atoms with E-state index in [-0.39, 0.29) is 56.1 Å². The quantitative estimate of drug-likeness (QED) is 0.270. The second-order valence-electron chi connectivity index (χ2n) is 14.9. The third-order valence-electron chi connectivity index (χ3n) is 10.5. The van der Waals surface area contributed by atoms with Crippen LogP contribution in [0.1, 0.15) is 57.2 Å². The predicted molar refractivity (Wildman–Crippen MR) is 190 cm³/mol. The number of fused-ring (bicyclic) bond motifs is 2. The Labute approximate surface area is 309 Å². The van der Waals surface area contributed by atoms with Crippen LogP contribution in [-0.2, 0) is 41.8 Å². The molecule has 0 saturated carbocycles. The third kappa shape index (κ3) is 6.48. The average Bonchev–Trinajstić information content (AvgIpc) is 3.91. The lowest BCUT2D eigenvalue weighted by Crippen LogP contribution is -2.69. The normalized spacial score (nSPS) is 27.1. The second-order valence-corrected chi connectivity index (χ2v) is 17.0. The van der Waals surface area contributed by atoms with Gasteiger partial charge in [-0.05, 0) is 80.1 Å². The van der Waals surface area contributed by atoms with Gasteiger partial charge in [-0.2, -0.15) is 5.26 Å². The SMILES string of the molecule is CC(C)C[C@]1(S(=O)(=O)c2ccc3c(c2)OCO3)OC(C)(C)N(C(=O)O[C@H]2CO[C@H]3OCC[C@H]32)[C@]1(CN)Cc1ccc(OCc2cccc(C#N)c2)cc1. The zero-order valence-electron chi connectivity index (χ0n) is 30.3. The maximum atomic E-state index is 15.4. The third-order valence-corrected chi connectivity index (χ3v) is 12.9. The fourth-order valence-electron chi connectivity index (χ4n) is 8.24. The van der Waals surface area contributed by atoms with E-state index in [4.69, 9.17) is 38.9 Å². The number of hydrogen-bond donors (Lipinski definition) is 1. The number of carbonyl (C=O) groups excluding carboxylic acids is 1. The Morgan fingerprint density at radius 3 is 2.55 bits per heavy atom. The number of nitrogens with two attached hydrogens (primary N) is 1. The number of sulfone groups is 1. The molecule has 0 radical (unpaired) electrons. The Kier molecular flexibility index (Phi) is 9.84. The molecular weight excluding hydrogens is 703 g/mol. The van der Waals surface area contributed by atoms with Crippen LogP contribution in [0.2, 0.25) is 0 Å². The summed E-state index contributed by atoms with van der Waals surface area (Å²) in [4.78, 5) is 14.0. The molecular formula is C39H45N3O10S. The van der Waals surface area contributed by atoms with Crippen molar-refractivity contribution in [3.63, 3.8) is 0 Å². The van der Waals surface area contributed by atoms with Gasteiger partial charge in [-0.15, -0.1) is 0 Å². The first kappa shape index (κ1) is 36.9. The van der Waals surface area contributed by atoms with Crippen LogP contribution in [0.4, 0.5) is 4.79 Å². The second kappa shape index (κ2) is 14.1. The largest absolute Gasteiger partial charge is 0.489 e. The van der Waals surface area contributed by atoms with Gasteiger partial charge in [0.15, 0.2) is 17.8 Å². The summed E-state index contributed by atoms with van der Waals surface area (Å²) in [6, 6.07) is 21.0. The summed E-state index contributed by atoms with van der Waals surface area (Å²) in [5, 5.41) is 9.27. The van der Waals surface area contributed by atoms with Crippen molar-refractivity contribution in [1.82, 2.24) is 4.90 Å². The standard InChI is InChI=1S/C39H45N3O10S/c1-25(2)18-39(53(44,45)30-12-13-32-33(17-30)50-24-49-32)38(23-41,19-26-8-10-29(11-9-26)47-21-28-7-5-6-27(16-28)20-40)42(37(3,4)52-39)36(43)51-34-22-48-35-31(34)14-15-46-35/h5-13,16-17,25,31,34-35H,14-15,18-19,21-24,41H2,1-4H3/t31-,34-,35+,38-,39+/m0/s1. The molecule has 282 valence electrons. The van der Waals surface area contributed by atoms with Gasteiger partial charge in [0.1, 0.15) is 29.7 Å². The molecule has 0 aliphatic carbocycles. The molecule has 53 heavy (non-hydrogen) atoms. The van der Waals surface area contributed by atoms with Crippen LogP contribution >= 0.6 is 0 Å². The molecule has 3 aromatic carbocycles. The van der Waals surface area contributed by atoms with Gasteiger partial charge < -0.3 is 38.9 Å². The van der Waals surface area contributed by atoms with Crippen molar-refractivity contribution in [2.75, 3.05) is 26.6 Å². The van der Waals surface area contributed by atoms with Gasteiger partial charge in [-0.3, -0.25) is 4.90 Å². The van der Waals surface area contributed by atoms with E-state index in [1.165, 1.54) is 17.0 Å². The Balaban J connectivity index is 1.30. The molecule has 7 rings (SSSR count). The monoisotopic (exact) mass is 747 g/mol. The van der Waals surface area contributed by atoms with Crippen molar-refractivity contribution in [3.8, 4) is 23.3 Å². The average molecular weight is 748 g/mol. The number of amides is 1. The minimum absolute atomic E-state index is 0.000637. The topological polar surface area (TPSA) is 169 Å². The Morgan fingerprint density at radius 1 is 1.04 bits per heavy atom. The smallest absolute Gasteiger partial charge is 0.413 e. The van der Waals surface area contributed by atoms with Crippen LogP contribution < -0.4 is 19.9 Å². The molecule has 2 N–H and O–H groups in total. The van der Waals surface area contributed by atoms with Crippen LogP contribution in [0.3, 0.4) is 0 Å². The number of rotatable bonds is 11. The van der Waals surface area contributed by atoms with E-state index in [9.17, 15) is 10.1 Å². The van der Waals surface area contributed by atoms with E-state index in [0.717, 1.165) is 5.56 Å². The van der Waals surface area contributed by atoms with Crippen LogP contribution in [0.5, 0.6) is 17.2 Å². The Bertz CT molecular complexity index is 2000. The zero-order valence-corrected chi connectivity index (χ0v) is 31.1. The Hall–Kier alpha value is -4.39. The van der Waals surface area contributed by atoms with E-state index >= 15 is 8.42 Å². The summed E-state index contributed by atoms with van der Waals surface area (Å²) in [7, 11) is -4.47. The van der Waals surface area contributed by atoms with Crippen molar-refractivity contribution in [2.45, 2.75) is 87.1 Å². The highest BCUT2D eigenvalue weighted by molar-refractivity contribution is 7.92. The van der Waals surface area contributed by atoms with Crippen LogP contribution in [0.25, 0.3) is 0 Å². The first-order chi connectivity index (χ1) is 25.3. The molecule has 14 heteroatoms. The van der Waals surface area contributed by atoms with Crippen LogP contribution in [-0.4, -0.2) is 74.6 Å². The molecule has 13 nitrogen and oxygen atoms in total. The maximum absolute atomic E-state index is 15.4. The van der Waals surface area contributed by atoms with E-state index in [1.807, 2.05) is 32.0 Å². The highest BCUT2D eigenvalue weighted by atomic mass is 32.2. The summed E-state index contributed by atoms with van der Waals surface area (Å²) >= 11 is 0. The maximum Gasteiger partial charge on any atom is 0.413 e. The highest BCUT2D eigenvalue weighted by Crippen LogP contribution is 2.56. The van der Waals surface area contributed by atoms with Gasteiger partial charge in [-0.25, -0.2) is 13.2 Å². The van der Waals surface area contributed by atoms with E-state index in [2.05, 4.69) is 6.07 Å². The highest BCUT2D eigenvalue weighted by Gasteiger charge is 2.74. The molecule has 0 bridgehead atoms. The van der Waals surface area contributed by atoms with Gasteiger partial charge in [0.05, 0.1) is 35.7 Å². The molecule has 3 aromatic rings. The number of nitrogens with zero attached hydrogens (tertiary/aromatic N) is 2. The van der Waals surface area contributed by atoms with Crippen molar-refractivity contribution < 1.29 is 46.4 Å². The summed E-state index contributed by atoms with van der Waals surface area (Å²) in [6.45, 7) is 7.72. The Morgan fingerprint density at radius 2 is 1.81 bits per heavy atom. The van der Waals surface area contributed by atoms with Gasteiger partial charge in [0, 0.05) is 19.0 Å². The molecule has 3 saturated heterocycles. The molecule has 3 fully saturated rings. The van der Waals surface area contributed by atoms with E-state index in [0.29, 0.717) is 41.4 Å². The van der Waals surface area contributed by atoms with Gasteiger partial charge in [-0.1, -0.05) is 38.1 Å². The molecule has 0 aromatic heterocycles. The number of benzene rings is 3. The predicted octanol–water partition coefficient (Wildman–Crippen LogP) is 5.29. The molecule has 0 spiro atoms. The summed E-state index contributed by atoms with van der Waals surface area (Å²) in [6.07, 6.45) is -1.15. The van der Waals surface area contributed by atoms with Gasteiger partial charge in [0.2, 0.25) is 21.6 Å². The molecule has 4 heterocycles. The van der Waals surface area contributed by atoms with Crippen LogP contribution in [0, 0.1) is 23.2 Å². The van der Waals surface area contributed by atoms with Gasteiger partial charge >= 0.3 is 6.09 Å². The van der Waals surface area contributed by atoms with E-state index in [1.54, 1.807) is 50.2 Å². The first-order valence-electron chi connectivity index (χ1n) is 17.8. The van der Waals surface area contributed by atoms with Crippen molar-refractivity contribution >= 4 is 15.9 Å². The van der Waals surface area contributed by atoms with Crippen molar-refractivity contribution in [3.05, 3.63) is 83.4 Å². The van der Waals surface area contributed by atoms with Crippen LogP contribution in [0.15, 0.2) is 71.6 Å².